The zero-order chi connectivity index (χ0) is 19.2. The van der Waals surface area contributed by atoms with Crippen molar-refractivity contribution in [2.24, 2.45) is 0 Å². The first-order valence-electron chi connectivity index (χ1n) is 9.12. The van der Waals surface area contributed by atoms with E-state index in [1.54, 1.807) is 23.7 Å². The summed E-state index contributed by atoms with van der Waals surface area (Å²) >= 11 is 1.71. The second-order valence-corrected chi connectivity index (χ2v) is 7.40. The van der Waals surface area contributed by atoms with Crippen LogP contribution >= 0.6 is 11.3 Å². The van der Waals surface area contributed by atoms with Gasteiger partial charge < -0.3 is 9.84 Å². The Labute approximate surface area is 165 Å². The summed E-state index contributed by atoms with van der Waals surface area (Å²) in [7, 11) is 0. The first kappa shape index (κ1) is 18.2. The van der Waals surface area contributed by atoms with Gasteiger partial charge in [-0.05, 0) is 30.7 Å². The van der Waals surface area contributed by atoms with Crippen LogP contribution in [0.25, 0.3) is 21.6 Å². The number of aromatic nitrogens is 4. The molecule has 0 aliphatic rings. The molecule has 1 N–H and O–H groups in total. The van der Waals surface area contributed by atoms with Gasteiger partial charge in [0.1, 0.15) is 0 Å². The highest BCUT2D eigenvalue weighted by Crippen LogP contribution is 2.22. The summed E-state index contributed by atoms with van der Waals surface area (Å²) < 4.78 is 6.41. The Hall–Kier alpha value is -3.13. The Balaban J connectivity index is 1.18. The number of nitrogens with zero attached hydrogens (tertiary/aromatic N) is 4. The fourth-order valence-electron chi connectivity index (χ4n) is 2.77. The Kier molecular flexibility index (Phi) is 5.67. The van der Waals surface area contributed by atoms with E-state index >= 15 is 0 Å². The van der Waals surface area contributed by atoms with E-state index in [4.69, 9.17) is 4.52 Å². The second kappa shape index (κ2) is 8.71. The molecule has 0 unspecified atom stereocenters. The van der Waals surface area contributed by atoms with E-state index in [-0.39, 0.29) is 5.91 Å². The van der Waals surface area contributed by atoms with Gasteiger partial charge in [0.05, 0.1) is 15.2 Å². The summed E-state index contributed by atoms with van der Waals surface area (Å²) in [5.74, 6) is 0.910. The number of nitrogens with one attached hydrogen (secondary N) is 1. The molecule has 0 fully saturated rings. The summed E-state index contributed by atoms with van der Waals surface area (Å²) in [6.45, 7) is 0.625. The van der Waals surface area contributed by atoms with Crippen LogP contribution in [0.3, 0.4) is 0 Å². The van der Waals surface area contributed by atoms with Gasteiger partial charge in [-0.1, -0.05) is 17.3 Å². The number of carbonyl (C=O) groups excluding carboxylic acids is 1. The summed E-state index contributed by atoms with van der Waals surface area (Å²) in [6.07, 6.45) is 5.81. The van der Waals surface area contributed by atoms with Crippen molar-refractivity contribution in [2.75, 3.05) is 6.54 Å². The van der Waals surface area contributed by atoms with Gasteiger partial charge in [0, 0.05) is 43.8 Å². The van der Waals surface area contributed by atoms with Crippen LogP contribution in [0.15, 0.2) is 53.3 Å². The molecule has 0 bridgehead atoms. The van der Waals surface area contributed by atoms with Crippen LogP contribution in [0, 0.1) is 0 Å². The lowest BCUT2D eigenvalue weighted by Gasteiger charge is -2.02. The first-order valence-corrected chi connectivity index (χ1v) is 9.94. The van der Waals surface area contributed by atoms with Crippen molar-refractivity contribution < 1.29 is 9.32 Å². The average Bonchev–Trinajstić information content (AvgIpc) is 3.37. The molecule has 1 amide bonds. The predicted molar refractivity (Wildman–Crippen MR) is 107 cm³/mol. The molecule has 0 radical (unpaired) electrons. The van der Waals surface area contributed by atoms with Gasteiger partial charge in [0.15, 0.2) is 0 Å². The van der Waals surface area contributed by atoms with Gasteiger partial charge in [0.25, 0.3) is 0 Å². The van der Waals surface area contributed by atoms with Gasteiger partial charge in [-0.15, -0.1) is 11.3 Å². The number of hydrogen-bond donors (Lipinski definition) is 1. The van der Waals surface area contributed by atoms with E-state index in [2.05, 4.69) is 31.5 Å². The van der Waals surface area contributed by atoms with E-state index in [0.29, 0.717) is 31.1 Å². The molecule has 7 nitrogen and oxygen atoms in total. The molecule has 0 saturated heterocycles. The van der Waals surface area contributed by atoms with Gasteiger partial charge >= 0.3 is 0 Å². The second-order valence-electron chi connectivity index (χ2n) is 6.28. The molecule has 0 aliphatic carbocycles. The minimum atomic E-state index is -0.0228. The summed E-state index contributed by atoms with van der Waals surface area (Å²) in [5, 5.41) is 7.96. The number of amides is 1. The van der Waals surface area contributed by atoms with Crippen molar-refractivity contribution in [1.29, 1.82) is 0 Å². The molecule has 0 spiro atoms. The highest BCUT2D eigenvalue weighted by molar-refractivity contribution is 7.18. The van der Waals surface area contributed by atoms with E-state index in [9.17, 15) is 4.79 Å². The number of thiazole rings is 1. The maximum Gasteiger partial charge on any atom is 0.227 e. The highest BCUT2D eigenvalue weighted by atomic mass is 32.1. The van der Waals surface area contributed by atoms with Crippen molar-refractivity contribution in [2.45, 2.75) is 25.7 Å². The van der Waals surface area contributed by atoms with Gasteiger partial charge in [0.2, 0.25) is 17.6 Å². The Bertz CT molecular complexity index is 1030. The van der Waals surface area contributed by atoms with Crippen LogP contribution in [-0.2, 0) is 17.6 Å². The van der Waals surface area contributed by atoms with Crippen molar-refractivity contribution in [3.05, 3.63) is 59.7 Å². The third-order valence-electron chi connectivity index (χ3n) is 4.18. The molecule has 28 heavy (non-hydrogen) atoms. The molecule has 4 rings (SSSR count). The summed E-state index contributed by atoms with van der Waals surface area (Å²) in [6, 6.07) is 11.8. The zero-order valence-electron chi connectivity index (χ0n) is 15.2. The van der Waals surface area contributed by atoms with Crippen molar-refractivity contribution in [1.82, 2.24) is 25.4 Å². The lowest BCUT2D eigenvalue weighted by atomic mass is 10.2. The lowest BCUT2D eigenvalue weighted by Crippen LogP contribution is -2.25. The first-order chi connectivity index (χ1) is 13.8. The number of hydrogen-bond acceptors (Lipinski definition) is 7. The van der Waals surface area contributed by atoms with Crippen LogP contribution in [0.1, 0.15) is 23.7 Å². The Morgan fingerprint density at radius 2 is 2.04 bits per heavy atom. The monoisotopic (exact) mass is 393 g/mol. The Morgan fingerprint density at radius 1 is 1.11 bits per heavy atom. The van der Waals surface area contributed by atoms with E-state index in [1.165, 1.54) is 4.70 Å². The van der Waals surface area contributed by atoms with Crippen molar-refractivity contribution in [3.8, 4) is 11.4 Å². The molecule has 4 aromatic rings. The third-order valence-corrected chi connectivity index (χ3v) is 5.28. The quantitative estimate of drug-likeness (QED) is 0.461. The molecular formula is C20H19N5O2S. The summed E-state index contributed by atoms with van der Waals surface area (Å²) in [4.78, 5) is 25.0. The van der Waals surface area contributed by atoms with Crippen molar-refractivity contribution >= 4 is 27.5 Å². The molecule has 142 valence electrons. The molecule has 0 atom stereocenters. The van der Waals surface area contributed by atoms with Crippen LogP contribution < -0.4 is 5.32 Å². The fourth-order valence-corrected chi connectivity index (χ4v) is 3.78. The average molecular weight is 393 g/mol. The summed E-state index contributed by atoms with van der Waals surface area (Å²) in [5.41, 5.74) is 1.83. The standard InChI is InChI=1S/C20H19N5O2S/c26-17(9-10-18-24-20(25-27-18)14-5-3-11-21-13-14)22-12-4-8-19-23-15-6-1-2-7-16(15)28-19/h1-3,5-7,11,13H,4,8-10,12H2,(H,22,26). The largest absolute Gasteiger partial charge is 0.356 e. The fraction of sp³-hybridized carbons (Fsp3) is 0.250. The number of rotatable bonds is 8. The molecule has 8 heteroatoms. The molecular weight excluding hydrogens is 374 g/mol. The molecule has 3 aromatic heterocycles. The molecule has 0 saturated carbocycles. The number of aryl methyl sites for hydroxylation is 2. The number of fused-ring (bicyclic) bond motifs is 1. The lowest BCUT2D eigenvalue weighted by molar-refractivity contribution is -0.121. The zero-order valence-corrected chi connectivity index (χ0v) is 16.0. The molecule has 3 heterocycles. The smallest absolute Gasteiger partial charge is 0.227 e. The van der Waals surface area contributed by atoms with Crippen molar-refractivity contribution in [3.63, 3.8) is 0 Å². The van der Waals surface area contributed by atoms with Crippen LogP contribution in [0.2, 0.25) is 0 Å². The minimum Gasteiger partial charge on any atom is -0.356 e. The minimum absolute atomic E-state index is 0.0228. The van der Waals surface area contributed by atoms with Crippen LogP contribution in [-0.4, -0.2) is 32.6 Å². The van der Waals surface area contributed by atoms with E-state index in [1.807, 2.05) is 30.3 Å². The molecule has 1 aromatic carbocycles. The normalized spacial score (nSPS) is 11.0. The number of carbonyl (C=O) groups is 1. The maximum absolute atomic E-state index is 12.0. The topological polar surface area (TPSA) is 93.8 Å². The van der Waals surface area contributed by atoms with Crippen LogP contribution in [0.4, 0.5) is 0 Å². The van der Waals surface area contributed by atoms with E-state index < -0.39 is 0 Å². The maximum atomic E-state index is 12.0. The van der Waals surface area contributed by atoms with Gasteiger partial charge in [-0.3, -0.25) is 9.78 Å². The predicted octanol–water partition coefficient (Wildman–Crippen LogP) is 3.42. The number of para-hydroxylation sites is 1. The van der Waals surface area contributed by atoms with Gasteiger partial charge in [-0.25, -0.2) is 4.98 Å². The SMILES string of the molecule is O=C(CCc1nc(-c2cccnc2)no1)NCCCc1nc2ccccc2s1. The van der Waals surface area contributed by atoms with Gasteiger partial charge in [-0.2, -0.15) is 4.98 Å². The van der Waals surface area contributed by atoms with E-state index in [0.717, 1.165) is 28.9 Å². The Morgan fingerprint density at radius 3 is 2.89 bits per heavy atom. The highest BCUT2D eigenvalue weighted by Gasteiger charge is 2.11. The van der Waals surface area contributed by atoms with Crippen LogP contribution in [0.5, 0.6) is 0 Å². The third kappa shape index (κ3) is 4.58. The number of benzene rings is 1. The number of pyridine rings is 1. The molecule has 0 aliphatic heterocycles.